The molecule has 1 heterocycles. The SMILES string of the molecule is OCC1CCN(Cc2ccccc2NCc2ccccc2O)CC1. The zero-order valence-electron chi connectivity index (χ0n) is 14.0. The van der Waals surface area contributed by atoms with Crippen LogP contribution in [0.1, 0.15) is 24.0 Å². The number of hydrogen-bond acceptors (Lipinski definition) is 4. The molecule has 1 aliphatic heterocycles. The van der Waals surface area contributed by atoms with Crippen molar-refractivity contribution in [2.45, 2.75) is 25.9 Å². The normalized spacial score (nSPS) is 16.2. The fourth-order valence-electron chi connectivity index (χ4n) is 3.25. The minimum atomic E-state index is 0.312. The Hall–Kier alpha value is -2.04. The number of aliphatic hydroxyl groups excluding tert-OH is 1. The fraction of sp³-hybridized carbons (Fsp3) is 0.400. The third-order valence-corrected chi connectivity index (χ3v) is 4.84. The first kappa shape index (κ1) is 16.8. The molecular formula is C20H26N2O2. The fourth-order valence-corrected chi connectivity index (χ4v) is 3.25. The lowest BCUT2D eigenvalue weighted by Gasteiger charge is -2.31. The molecule has 2 aromatic carbocycles. The average molecular weight is 326 g/mol. The van der Waals surface area contributed by atoms with Gasteiger partial charge in [0.25, 0.3) is 0 Å². The van der Waals surface area contributed by atoms with E-state index in [-0.39, 0.29) is 0 Å². The molecule has 0 atom stereocenters. The summed E-state index contributed by atoms with van der Waals surface area (Å²) < 4.78 is 0. The van der Waals surface area contributed by atoms with Crippen molar-refractivity contribution < 1.29 is 10.2 Å². The van der Waals surface area contributed by atoms with Gasteiger partial charge in [-0.15, -0.1) is 0 Å². The highest BCUT2D eigenvalue weighted by atomic mass is 16.3. The van der Waals surface area contributed by atoms with Crippen LogP contribution in [0.2, 0.25) is 0 Å². The van der Waals surface area contributed by atoms with Crippen LogP contribution in [-0.2, 0) is 13.1 Å². The monoisotopic (exact) mass is 326 g/mol. The molecule has 1 saturated heterocycles. The summed E-state index contributed by atoms with van der Waals surface area (Å²) in [5.41, 5.74) is 3.29. The van der Waals surface area contributed by atoms with E-state index >= 15 is 0 Å². The number of nitrogens with zero attached hydrogens (tertiary/aromatic N) is 1. The molecule has 1 aliphatic rings. The van der Waals surface area contributed by atoms with Crippen LogP contribution in [0.3, 0.4) is 0 Å². The van der Waals surface area contributed by atoms with Crippen LogP contribution in [0, 0.1) is 5.92 Å². The molecule has 3 rings (SSSR count). The Morgan fingerprint density at radius 1 is 0.958 bits per heavy atom. The highest BCUT2D eigenvalue weighted by Crippen LogP contribution is 2.23. The predicted octanol–water partition coefficient (Wildman–Crippen LogP) is 3.21. The molecule has 0 unspecified atom stereocenters. The van der Waals surface area contributed by atoms with Crippen molar-refractivity contribution in [3.05, 3.63) is 59.7 Å². The minimum absolute atomic E-state index is 0.312. The summed E-state index contributed by atoms with van der Waals surface area (Å²) in [6.45, 7) is 3.92. The van der Waals surface area contributed by atoms with E-state index in [0.29, 0.717) is 24.8 Å². The molecule has 0 saturated carbocycles. The van der Waals surface area contributed by atoms with Crippen molar-refractivity contribution in [3.63, 3.8) is 0 Å². The number of benzene rings is 2. The number of anilines is 1. The zero-order valence-corrected chi connectivity index (χ0v) is 14.0. The van der Waals surface area contributed by atoms with Crippen molar-refractivity contribution in [3.8, 4) is 5.75 Å². The molecular weight excluding hydrogens is 300 g/mol. The number of para-hydroxylation sites is 2. The highest BCUT2D eigenvalue weighted by molar-refractivity contribution is 5.52. The van der Waals surface area contributed by atoms with E-state index in [0.717, 1.165) is 43.7 Å². The maximum Gasteiger partial charge on any atom is 0.120 e. The van der Waals surface area contributed by atoms with E-state index in [1.54, 1.807) is 6.07 Å². The van der Waals surface area contributed by atoms with E-state index in [4.69, 9.17) is 0 Å². The lowest BCUT2D eigenvalue weighted by Crippen LogP contribution is -2.34. The summed E-state index contributed by atoms with van der Waals surface area (Å²) in [7, 11) is 0. The molecule has 0 aromatic heterocycles. The summed E-state index contributed by atoms with van der Waals surface area (Å²) in [5, 5.41) is 22.6. The van der Waals surface area contributed by atoms with Gasteiger partial charge in [0.15, 0.2) is 0 Å². The quantitative estimate of drug-likeness (QED) is 0.763. The second kappa shape index (κ2) is 8.18. The van der Waals surface area contributed by atoms with E-state index in [9.17, 15) is 10.2 Å². The first-order chi connectivity index (χ1) is 11.8. The Bertz CT molecular complexity index is 652. The van der Waals surface area contributed by atoms with Crippen LogP contribution >= 0.6 is 0 Å². The summed E-state index contributed by atoms with van der Waals surface area (Å²) in [6.07, 6.45) is 2.15. The van der Waals surface area contributed by atoms with Gasteiger partial charge in [-0.05, 0) is 49.5 Å². The molecule has 0 aliphatic carbocycles. The van der Waals surface area contributed by atoms with Crippen LogP contribution in [0.25, 0.3) is 0 Å². The van der Waals surface area contributed by atoms with Gasteiger partial charge in [-0.1, -0.05) is 36.4 Å². The van der Waals surface area contributed by atoms with Crippen LogP contribution in [-0.4, -0.2) is 34.8 Å². The zero-order chi connectivity index (χ0) is 16.8. The maximum absolute atomic E-state index is 9.90. The molecule has 4 heteroatoms. The van der Waals surface area contributed by atoms with Gasteiger partial charge < -0.3 is 15.5 Å². The van der Waals surface area contributed by atoms with Gasteiger partial charge in [0.2, 0.25) is 0 Å². The number of piperidine rings is 1. The number of rotatable bonds is 6. The van der Waals surface area contributed by atoms with Crippen molar-refractivity contribution in [1.82, 2.24) is 4.90 Å². The first-order valence-corrected chi connectivity index (χ1v) is 8.68. The summed E-state index contributed by atoms with van der Waals surface area (Å²) >= 11 is 0. The molecule has 0 spiro atoms. The number of likely N-dealkylation sites (tertiary alicyclic amines) is 1. The van der Waals surface area contributed by atoms with Gasteiger partial charge in [-0.25, -0.2) is 0 Å². The molecule has 0 amide bonds. The summed E-state index contributed by atoms with van der Waals surface area (Å²) in [4.78, 5) is 2.45. The van der Waals surface area contributed by atoms with E-state index in [1.807, 2.05) is 24.3 Å². The Labute approximate surface area is 143 Å². The number of phenolic OH excluding ortho intramolecular Hbond substituents is 1. The highest BCUT2D eigenvalue weighted by Gasteiger charge is 2.19. The van der Waals surface area contributed by atoms with Crippen LogP contribution in [0.5, 0.6) is 5.75 Å². The van der Waals surface area contributed by atoms with Crippen LogP contribution < -0.4 is 5.32 Å². The molecule has 24 heavy (non-hydrogen) atoms. The second-order valence-corrected chi connectivity index (χ2v) is 6.54. The third kappa shape index (κ3) is 4.28. The van der Waals surface area contributed by atoms with Crippen molar-refractivity contribution in [1.29, 1.82) is 0 Å². The topological polar surface area (TPSA) is 55.7 Å². The van der Waals surface area contributed by atoms with Gasteiger partial charge in [-0.2, -0.15) is 0 Å². The van der Waals surface area contributed by atoms with Gasteiger partial charge in [0, 0.05) is 30.9 Å². The Kier molecular flexibility index (Phi) is 5.72. The Morgan fingerprint density at radius 3 is 2.33 bits per heavy atom. The Balaban J connectivity index is 1.62. The summed E-state index contributed by atoms with van der Waals surface area (Å²) in [6, 6.07) is 15.8. The number of hydrogen-bond donors (Lipinski definition) is 3. The van der Waals surface area contributed by atoms with Crippen molar-refractivity contribution >= 4 is 5.69 Å². The number of phenols is 1. The number of aliphatic hydroxyl groups is 1. The van der Waals surface area contributed by atoms with E-state index < -0.39 is 0 Å². The minimum Gasteiger partial charge on any atom is -0.508 e. The van der Waals surface area contributed by atoms with Crippen LogP contribution in [0.4, 0.5) is 5.69 Å². The van der Waals surface area contributed by atoms with Gasteiger partial charge in [0.05, 0.1) is 0 Å². The molecule has 0 radical (unpaired) electrons. The molecule has 2 aromatic rings. The third-order valence-electron chi connectivity index (χ3n) is 4.84. The van der Waals surface area contributed by atoms with Gasteiger partial charge >= 0.3 is 0 Å². The van der Waals surface area contributed by atoms with Gasteiger partial charge in [-0.3, -0.25) is 4.90 Å². The van der Waals surface area contributed by atoms with E-state index in [2.05, 4.69) is 28.4 Å². The first-order valence-electron chi connectivity index (χ1n) is 8.68. The smallest absolute Gasteiger partial charge is 0.120 e. The molecule has 0 bridgehead atoms. The Morgan fingerprint density at radius 2 is 1.62 bits per heavy atom. The predicted molar refractivity (Wildman–Crippen MR) is 97.0 cm³/mol. The largest absolute Gasteiger partial charge is 0.508 e. The van der Waals surface area contributed by atoms with E-state index in [1.165, 1.54) is 5.56 Å². The molecule has 3 N–H and O–H groups in total. The number of nitrogens with one attached hydrogen (secondary N) is 1. The lowest BCUT2D eigenvalue weighted by molar-refractivity contribution is 0.127. The maximum atomic E-state index is 9.90. The molecule has 4 nitrogen and oxygen atoms in total. The standard InChI is InChI=1S/C20H26N2O2/c23-15-16-9-11-22(12-10-16)14-18-6-1-3-7-19(18)21-13-17-5-2-4-8-20(17)24/h1-8,16,21,23-24H,9-15H2. The summed E-state index contributed by atoms with van der Waals surface area (Å²) in [5.74, 6) is 0.796. The average Bonchev–Trinajstić information content (AvgIpc) is 2.63. The van der Waals surface area contributed by atoms with Crippen molar-refractivity contribution in [2.24, 2.45) is 5.92 Å². The molecule has 1 fully saturated rings. The molecule has 128 valence electrons. The number of aromatic hydroxyl groups is 1. The second-order valence-electron chi connectivity index (χ2n) is 6.54. The van der Waals surface area contributed by atoms with Crippen LogP contribution in [0.15, 0.2) is 48.5 Å². The lowest BCUT2D eigenvalue weighted by atomic mass is 9.97. The van der Waals surface area contributed by atoms with Gasteiger partial charge in [0.1, 0.15) is 5.75 Å². The van der Waals surface area contributed by atoms with Crippen molar-refractivity contribution in [2.75, 3.05) is 25.0 Å².